The van der Waals surface area contributed by atoms with Crippen LogP contribution in [0.2, 0.25) is 0 Å². The lowest BCUT2D eigenvalue weighted by Gasteiger charge is -2.22. The van der Waals surface area contributed by atoms with Gasteiger partial charge >= 0.3 is 0 Å². The number of amides is 1. The van der Waals surface area contributed by atoms with Gasteiger partial charge in [-0.25, -0.2) is 0 Å². The van der Waals surface area contributed by atoms with Gasteiger partial charge in [0.15, 0.2) is 0 Å². The average molecular weight is 262 g/mol. The van der Waals surface area contributed by atoms with E-state index in [1.807, 2.05) is 4.90 Å². The van der Waals surface area contributed by atoms with Crippen LogP contribution < -0.4 is 0 Å². The number of hydrogen-bond donors (Lipinski definition) is 0. The maximum Gasteiger partial charge on any atom is 0.222 e. The van der Waals surface area contributed by atoms with E-state index < -0.39 is 0 Å². The van der Waals surface area contributed by atoms with E-state index in [1.165, 1.54) is 25.7 Å². The largest absolute Gasteiger partial charge is 0.343 e. The topological polar surface area (TPSA) is 20.3 Å². The Bertz CT molecular complexity index is 175. The molecule has 0 heterocycles. The van der Waals surface area contributed by atoms with E-state index >= 15 is 0 Å². The Balaban J connectivity index is 3.94. The van der Waals surface area contributed by atoms with Crippen LogP contribution in [-0.2, 0) is 4.79 Å². The number of halogens is 1. The first-order chi connectivity index (χ1) is 8.26. The summed E-state index contributed by atoms with van der Waals surface area (Å²) in [7, 11) is 0. The van der Waals surface area contributed by atoms with Crippen molar-refractivity contribution < 1.29 is 4.79 Å². The molecule has 1 amide bonds. The fourth-order valence-corrected chi connectivity index (χ4v) is 1.98. The van der Waals surface area contributed by atoms with Gasteiger partial charge in [-0.05, 0) is 19.3 Å². The van der Waals surface area contributed by atoms with Crippen molar-refractivity contribution in [3.05, 3.63) is 0 Å². The van der Waals surface area contributed by atoms with Crippen molar-refractivity contribution in [3.63, 3.8) is 0 Å². The van der Waals surface area contributed by atoms with Gasteiger partial charge < -0.3 is 4.90 Å². The van der Waals surface area contributed by atoms with Crippen molar-refractivity contribution in [2.75, 3.05) is 19.0 Å². The molecule has 0 radical (unpaired) electrons. The van der Waals surface area contributed by atoms with Crippen molar-refractivity contribution in [2.24, 2.45) is 0 Å². The molecule has 0 aliphatic carbocycles. The third-order valence-electron chi connectivity index (χ3n) is 2.94. The van der Waals surface area contributed by atoms with Gasteiger partial charge in [-0.2, -0.15) is 0 Å². The van der Waals surface area contributed by atoms with E-state index in [9.17, 15) is 4.79 Å². The zero-order valence-electron chi connectivity index (χ0n) is 11.5. The third-order valence-corrected chi connectivity index (χ3v) is 3.21. The minimum Gasteiger partial charge on any atom is -0.343 e. The molecule has 0 rings (SSSR count). The molecular formula is C14H28ClNO. The number of nitrogens with zero attached hydrogens (tertiary/aromatic N) is 1. The van der Waals surface area contributed by atoms with Crippen molar-refractivity contribution in [1.29, 1.82) is 0 Å². The van der Waals surface area contributed by atoms with E-state index in [4.69, 9.17) is 11.6 Å². The van der Waals surface area contributed by atoms with E-state index in [-0.39, 0.29) is 5.91 Å². The van der Waals surface area contributed by atoms with Crippen LogP contribution in [0.3, 0.4) is 0 Å². The second kappa shape index (κ2) is 12.2. The molecule has 0 bridgehead atoms. The Labute approximate surface area is 112 Å². The molecule has 102 valence electrons. The molecule has 0 aliphatic rings. The van der Waals surface area contributed by atoms with Gasteiger partial charge in [0, 0.05) is 25.4 Å². The van der Waals surface area contributed by atoms with Crippen LogP contribution in [0, 0.1) is 0 Å². The maximum absolute atomic E-state index is 12.0. The van der Waals surface area contributed by atoms with Crippen molar-refractivity contribution in [2.45, 2.75) is 65.2 Å². The lowest BCUT2D eigenvalue weighted by Crippen LogP contribution is -2.32. The Hall–Kier alpha value is -0.240. The molecule has 0 saturated carbocycles. The van der Waals surface area contributed by atoms with Crippen molar-refractivity contribution >= 4 is 17.5 Å². The van der Waals surface area contributed by atoms with Gasteiger partial charge in [-0.15, -0.1) is 11.6 Å². The first-order valence-corrected chi connectivity index (χ1v) is 7.63. The van der Waals surface area contributed by atoms with Gasteiger partial charge in [-0.3, -0.25) is 4.79 Å². The number of carbonyl (C=O) groups excluding carboxylic acids is 1. The van der Waals surface area contributed by atoms with Crippen LogP contribution >= 0.6 is 11.6 Å². The Kier molecular flexibility index (Phi) is 12.1. The number of alkyl halides is 1. The van der Waals surface area contributed by atoms with Gasteiger partial charge in [0.25, 0.3) is 0 Å². The summed E-state index contributed by atoms with van der Waals surface area (Å²) in [6, 6.07) is 0. The quantitative estimate of drug-likeness (QED) is 0.403. The Morgan fingerprint density at radius 3 is 1.88 bits per heavy atom. The monoisotopic (exact) mass is 261 g/mol. The van der Waals surface area contributed by atoms with Crippen LogP contribution in [0.4, 0.5) is 0 Å². The predicted octanol–water partition coefficient (Wildman–Crippen LogP) is 4.21. The molecule has 0 saturated heterocycles. The fourth-order valence-electron chi connectivity index (χ4n) is 1.84. The van der Waals surface area contributed by atoms with E-state index in [0.29, 0.717) is 12.3 Å². The molecule has 0 aromatic heterocycles. The predicted molar refractivity (Wildman–Crippen MR) is 75.6 cm³/mol. The summed E-state index contributed by atoms with van der Waals surface area (Å²) in [5.74, 6) is 0.876. The van der Waals surface area contributed by atoms with Crippen LogP contribution in [0.15, 0.2) is 0 Å². The standard InChI is InChI=1S/C14H28ClNO/c1-3-5-7-12-16(13-8-6-4-2)14(17)10-9-11-15/h3-13H2,1-2H3. The number of unbranched alkanes of at least 4 members (excludes halogenated alkanes) is 4. The fraction of sp³-hybridized carbons (Fsp3) is 0.929. The molecule has 17 heavy (non-hydrogen) atoms. The molecule has 0 aliphatic heterocycles. The van der Waals surface area contributed by atoms with Gasteiger partial charge in [0.05, 0.1) is 0 Å². The molecule has 0 aromatic rings. The second-order valence-corrected chi connectivity index (χ2v) is 4.97. The molecule has 0 N–H and O–H groups in total. The highest BCUT2D eigenvalue weighted by molar-refractivity contribution is 6.17. The molecule has 0 atom stereocenters. The van der Waals surface area contributed by atoms with Crippen molar-refractivity contribution in [3.8, 4) is 0 Å². The normalized spacial score (nSPS) is 10.5. The summed E-state index contributed by atoms with van der Waals surface area (Å²) in [6.45, 7) is 6.24. The van der Waals surface area contributed by atoms with Gasteiger partial charge in [-0.1, -0.05) is 39.5 Å². The summed E-state index contributed by atoms with van der Waals surface area (Å²) in [5, 5.41) is 0. The summed E-state index contributed by atoms with van der Waals surface area (Å²) in [4.78, 5) is 14.0. The smallest absolute Gasteiger partial charge is 0.222 e. The van der Waals surface area contributed by atoms with E-state index in [1.54, 1.807) is 0 Å². The van der Waals surface area contributed by atoms with E-state index in [2.05, 4.69) is 13.8 Å². The summed E-state index contributed by atoms with van der Waals surface area (Å²) in [6.07, 6.45) is 8.53. The number of carbonyl (C=O) groups is 1. The lowest BCUT2D eigenvalue weighted by atomic mass is 10.2. The molecule has 0 aromatic carbocycles. The number of rotatable bonds is 11. The highest BCUT2D eigenvalue weighted by atomic mass is 35.5. The Morgan fingerprint density at radius 1 is 0.941 bits per heavy atom. The maximum atomic E-state index is 12.0. The summed E-state index contributed by atoms with van der Waals surface area (Å²) < 4.78 is 0. The Morgan fingerprint density at radius 2 is 1.47 bits per heavy atom. The number of hydrogen-bond acceptors (Lipinski definition) is 1. The van der Waals surface area contributed by atoms with Crippen LogP contribution in [-0.4, -0.2) is 29.8 Å². The first-order valence-electron chi connectivity index (χ1n) is 7.10. The molecule has 2 nitrogen and oxygen atoms in total. The highest BCUT2D eigenvalue weighted by Gasteiger charge is 2.11. The average Bonchev–Trinajstić information content (AvgIpc) is 2.34. The minimum atomic E-state index is 0.290. The molecule has 3 heteroatoms. The molecular weight excluding hydrogens is 234 g/mol. The zero-order chi connectivity index (χ0) is 12.9. The van der Waals surface area contributed by atoms with Gasteiger partial charge in [0.1, 0.15) is 0 Å². The summed E-state index contributed by atoms with van der Waals surface area (Å²) in [5.41, 5.74) is 0. The first kappa shape index (κ1) is 16.8. The lowest BCUT2D eigenvalue weighted by molar-refractivity contribution is -0.131. The summed E-state index contributed by atoms with van der Waals surface area (Å²) >= 11 is 5.63. The molecule has 0 unspecified atom stereocenters. The van der Waals surface area contributed by atoms with Crippen LogP contribution in [0.1, 0.15) is 65.2 Å². The zero-order valence-corrected chi connectivity index (χ0v) is 12.3. The van der Waals surface area contributed by atoms with Crippen LogP contribution in [0.25, 0.3) is 0 Å². The van der Waals surface area contributed by atoms with Crippen LogP contribution in [0.5, 0.6) is 0 Å². The molecule has 0 fully saturated rings. The molecule has 0 spiro atoms. The van der Waals surface area contributed by atoms with Crippen molar-refractivity contribution in [1.82, 2.24) is 4.90 Å². The third kappa shape index (κ3) is 9.46. The second-order valence-electron chi connectivity index (χ2n) is 4.59. The van der Waals surface area contributed by atoms with E-state index in [0.717, 1.165) is 32.4 Å². The highest BCUT2D eigenvalue weighted by Crippen LogP contribution is 2.06. The minimum absolute atomic E-state index is 0.290. The SMILES string of the molecule is CCCCCN(CCCCC)C(=O)CCCCl. The van der Waals surface area contributed by atoms with Gasteiger partial charge in [0.2, 0.25) is 5.91 Å².